The molecule has 2 aliphatic rings. The van der Waals surface area contributed by atoms with E-state index in [-0.39, 0.29) is 29.6 Å². The van der Waals surface area contributed by atoms with Crippen LogP contribution in [0.2, 0.25) is 0 Å². The van der Waals surface area contributed by atoms with Gasteiger partial charge in [0, 0.05) is 31.5 Å². The van der Waals surface area contributed by atoms with Crippen LogP contribution in [0.25, 0.3) is 0 Å². The Balaban J connectivity index is 1.40. The lowest BCUT2D eigenvalue weighted by Crippen LogP contribution is -2.48. The molecule has 5 nitrogen and oxygen atoms in total. The molecule has 1 N–H and O–H groups in total. The number of rotatable bonds is 7. The van der Waals surface area contributed by atoms with Crippen LogP contribution >= 0.6 is 0 Å². The second-order valence-electron chi connectivity index (χ2n) is 8.41. The Bertz CT molecular complexity index is 879. The maximum atomic E-state index is 13.0. The van der Waals surface area contributed by atoms with Crippen molar-refractivity contribution in [1.29, 1.82) is 0 Å². The van der Waals surface area contributed by atoms with Crippen molar-refractivity contribution in [1.82, 2.24) is 10.2 Å². The van der Waals surface area contributed by atoms with Gasteiger partial charge < -0.3 is 15.0 Å². The van der Waals surface area contributed by atoms with E-state index in [4.69, 9.17) is 4.74 Å². The first-order chi connectivity index (χ1) is 14.7. The summed E-state index contributed by atoms with van der Waals surface area (Å²) < 4.78 is 5.39. The lowest BCUT2D eigenvalue weighted by molar-refractivity contribution is -0.137. The fourth-order valence-corrected chi connectivity index (χ4v) is 4.40. The van der Waals surface area contributed by atoms with Crippen LogP contribution in [0.4, 0.5) is 0 Å². The number of amides is 2. The van der Waals surface area contributed by atoms with E-state index < -0.39 is 0 Å². The van der Waals surface area contributed by atoms with Crippen molar-refractivity contribution in [2.45, 2.75) is 31.6 Å². The van der Waals surface area contributed by atoms with Crippen LogP contribution in [0, 0.1) is 11.8 Å². The second kappa shape index (κ2) is 9.33. The molecule has 0 bridgehead atoms. The van der Waals surface area contributed by atoms with Crippen molar-refractivity contribution < 1.29 is 14.3 Å². The van der Waals surface area contributed by atoms with Gasteiger partial charge in [-0.3, -0.25) is 9.59 Å². The normalized spacial score (nSPS) is 21.2. The summed E-state index contributed by atoms with van der Waals surface area (Å²) in [7, 11) is 1.66. The maximum Gasteiger partial charge on any atom is 0.225 e. The van der Waals surface area contributed by atoms with Gasteiger partial charge in [0.15, 0.2) is 0 Å². The molecule has 0 aromatic heterocycles. The molecule has 1 aliphatic carbocycles. The number of ether oxygens (including phenoxy) is 1. The highest BCUT2D eigenvalue weighted by Crippen LogP contribution is 2.36. The standard InChI is InChI=1S/C25H30N2O3/c1-30-23-10-6-5-9-19(23)13-14-26-24(28)22-15-21(18-7-3-2-4-8-18)16-27(17-22)25(29)20-11-12-20/h2-10,20-22H,11-17H2,1H3,(H,26,28). The largest absolute Gasteiger partial charge is 0.496 e. The molecule has 2 unspecified atom stereocenters. The molecule has 0 spiro atoms. The van der Waals surface area contributed by atoms with Gasteiger partial charge in [0.1, 0.15) is 5.75 Å². The summed E-state index contributed by atoms with van der Waals surface area (Å²) in [4.78, 5) is 27.7. The number of benzene rings is 2. The minimum absolute atomic E-state index is 0.0409. The van der Waals surface area contributed by atoms with Crippen LogP contribution in [0.3, 0.4) is 0 Å². The van der Waals surface area contributed by atoms with Crippen molar-refractivity contribution in [3.8, 4) is 5.75 Å². The minimum atomic E-state index is -0.177. The predicted molar refractivity (Wildman–Crippen MR) is 116 cm³/mol. The fraction of sp³-hybridized carbons (Fsp3) is 0.440. The third kappa shape index (κ3) is 4.84. The van der Waals surface area contributed by atoms with Gasteiger partial charge >= 0.3 is 0 Å². The quantitative estimate of drug-likeness (QED) is 0.767. The van der Waals surface area contributed by atoms with Crippen LogP contribution in [0.1, 0.15) is 36.3 Å². The van der Waals surface area contributed by atoms with Crippen LogP contribution in [-0.2, 0) is 16.0 Å². The third-order valence-corrected chi connectivity index (χ3v) is 6.22. The molecule has 2 atom stereocenters. The molecule has 1 aliphatic heterocycles. The average Bonchev–Trinajstić information content (AvgIpc) is 3.64. The van der Waals surface area contributed by atoms with Crippen LogP contribution in [-0.4, -0.2) is 43.5 Å². The second-order valence-corrected chi connectivity index (χ2v) is 8.41. The molecule has 30 heavy (non-hydrogen) atoms. The Hall–Kier alpha value is -2.82. The van der Waals surface area contributed by atoms with Crippen molar-refractivity contribution >= 4 is 11.8 Å². The Morgan fingerprint density at radius 2 is 1.73 bits per heavy atom. The molecule has 1 saturated heterocycles. The first kappa shape index (κ1) is 20.5. The molecular weight excluding hydrogens is 376 g/mol. The van der Waals surface area contributed by atoms with Crippen molar-refractivity contribution in [2.75, 3.05) is 26.7 Å². The highest BCUT2D eigenvalue weighted by Gasteiger charge is 2.39. The number of piperidine rings is 1. The Morgan fingerprint density at radius 1 is 1.00 bits per heavy atom. The Kier molecular flexibility index (Phi) is 6.36. The van der Waals surface area contributed by atoms with Gasteiger partial charge in [-0.1, -0.05) is 48.5 Å². The van der Waals surface area contributed by atoms with E-state index in [1.165, 1.54) is 5.56 Å². The number of nitrogens with one attached hydrogen (secondary N) is 1. The fourth-order valence-electron chi connectivity index (χ4n) is 4.40. The molecule has 2 fully saturated rings. The summed E-state index contributed by atoms with van der Waals surface area (Å²) >= 11 is 0. The van der Waals surface area contributed by atoms with Gasteiger partial charge in [0.2, 0.25) is 11.8 Å². The molecule has 158 valence electrons. The van der Waals surface area contributed by atoms with E-state index in [0.717, 1.165) is 37.0 Å². The van der Waals surface area contributed by atoms with E-state index in [0.29, 0.717) is 19.6 Å². The summed E-state index contributed by atoms with van der Waals surface area (Å²) in [6.07, 6.45) is 3.47. The predicted octanol–water partition coefficient (Wildman–Crippen LogP) is 3.40. The zero-order valence-electron chi connectivity index (χ0n) is 17.5. The molecule has 4 rings (SSSR count). The zero-order chi connectivity index (χ0) is 20.9. The summed E-state index contributed by atoms with van der Waals surface area (Å²) in [5.41, 5.74) is 2.29. The first-order valence-electron chi connectivity index (χ1n) is 10.9. The van der Waals surface area contributed by atoms with Gasteiger partial charge in [-0.15, -0.1) is 0 Å². The molecule has 2 aromatic carbocycles. The van der Waals surface area contributed by atoms with Gasteiger partial charge in [-0.25, -0.2) is 0 Å². The molecular formula is C25H30N2O3. The number of para-hydroxylation sites is 1. The minimum Gasteiger partial charge on any atom is -0.496 e. The van der Waals surface area contributed by atoms with Crippen LogP contribution in [0.15, 0.2) is 54.6 Å². The van der Waals surface area contributed by atoms with Crippen molar-refractivity contribution in [3.05, 3.63) is 65.7 Å². The van der Waals surface area contributed by atoms with E-state index in [2.05, 4.69) is 17.4 Å². The van der Waals surface area contributed by atoms with Gasteiger partial charge in [-0.2, -0.15) is 0 Å². The number of nitrogens with zero attached hydrogens (tertiary/aromatic N) is 1. The Labute approximate surface area is 178 Å². The average molecular weight is 407 g/mol. The maximum absolute atomic E-state index is 13.0. The van der Waals surface area contributed by atoms with E-state index in [1.807, 2.05) is 47.4 Å². The lowest BCUT2D eigenvalue weighted by atomic mass is 9.84. The van der Waals surface area contributed by atoms with Gasteiger partial charge in [0.25, 0.3) is 0 Å². The van der Waals surface area contributed by atoms with E-state index in [9.17, 15) is 9.59 Å². The molecule has 5 heteroatoms. The first-order valence-corrected chi connectivity index (χ1v) is 10.9. The molecule has 2 amide bonds. The van der Waals surface area contributed by atoms with Gasteiger partial charge in [-0.05, 0) is 42.9 Å². The lowest BCUT2D eigenvalue weighted by Gasteiger charge is -2.37. The zero-order valence-corrected chi connectivity index (χ0v) is 17.5. The number of likely N-dealkylation sites (tertiary alicyclic amines) is 1. The number of hydrogen-bond donors (Lipinski definition) is 1. The molecule has 2 aromatic rings. The number of methoxy groups -OCH3 is 1. The van der Waals surface area contributed by atoms with Crippen LogP contribution < -0.4 is 10.1 Å². The van der Waals surface area contributed by atoms with E-state index >= 15 is 0 Å². The third-order valence-electron chi connectivity index (χ3n) is 6.22. The highest BCUT2D eigenvalue weighted by atomic mass is 16.5. The number of hydrogen-bond acceptors (Lipinski definition) is 3. The summed E-state index contributed by atoms with van der Waals surface area (Å²) in [5, 5.41) is 3.10. The van der Waals surface area contributed by atoms with Crippen LogP contribution in [0.5, 0.6) is 5.75 Å². The molecule has 1 saturated carbocycles. The SMILES string of the molecule is COc1ccccc1CCNC(=O)C1CC(c2ccccc2)CN(C(=O)C2CC2)C1. The summed E-state index contributed by atoms with van der Waals surface area (Å²) in [6, 6.07) is 18.1. The number of carbonyl (C=O) groups is 2. The topological polar surface area (TPSA) is 58.6 Å². The number of carbonyl (C=O) groups excluding carboxylic acids is 2. The monoisotopic (exact) mass is 406 g/mol. The molecule has 1 heterocycles. The summed E-state index contributed by atoms with van der Waals surface area (Å²) in [5.74, 6) is 1.31. The van der Waals surface area contributed by atoms with Gasteiger partial charge in [0.05, 0.1) is 13.0 Å². The van der Waals surface area contributed by atoms with E-state index in [1.54, 1.807) is 7.11 Å². The highest BCUT2D eigenvalue weighted by molar-refractivity contribution is 5.83. The van der Waals surface area contributed by atoms with Crippen molar-refractivity contribution in [3.63, 3.8) is 0 Å². The molecule has 0 radical (unpaired) electrons. The summed E-state index contributed by atoms with van der Waals surface area (Å²) in [6.45, 7) is 1.80. The smallest absolute Gasteiger partial charge is 0.225 e. The Morgan fingerprint density at radius 3 is 2.47 bits per heavy atom. The van der Waals surface area contributed by atoms with Crippen molar-refractivity contribution in [2.24, 2.45) is 11.8 Å².